The third kappa shape index (κ3) is 3.06. The number of para-hydroxylation sites is 2. The van der Waals surface area contributed by atoms with Crippen LogP contribution in [0.15, 0.2) is 47.1 Å². The molecule has 6 heteroatoms. The van der Waals surface area contributed by atoms with Crippen molar-refractivity contribution in [2.75, 3.05) is 18.6 Å². The van der Waals surface area contributed by atoms with Gasteiger partial charge in [0.05, 0.1) is 25.6 Å². The first-order valence-electron chi connectivity index (χ1n) is 7.45. The number of methoxy groups -OCH3 is 1. The van der Waals surface area contributed by atoms with Crippen LogP contribution in [0.3, 0.4) is 0 Å². The first-order valence-corrected chi connectivity index (χ1v) is 7.45. The molecule has 1 aliphatic heterocycles. The third-order valence-electron chi connectivity index (χ3n) is 3.91. The molecule has 1 aromatic heterocycles. The summed E-state index contributed by atoms with van der Waals surface area (Å²) in [6.45, 7) is 0.780. The minimum absolute atomic E-state index is 0.202. The van der Waals surface area contributed by atoms with E-state index >= 15 is 0 Å². The van der Waals surface area contributed by atoms with Crippen LogP contribution in [0.5, 0.6) is 5.75 Å². The fourth-order valence-corrected chi connectivity index (χ4v) is 2.73. The maximum Gasteiger partial charge on any atom is 0.239 e. The number of rotatable bonds is 5. The first-order chi connectivity index (χ1) is 11.2. The zero-order valence-corrected chi connectivity index (χ0v) is 12.8. The Hall–Kier alpha value is -2.76. The van der Waals surface area contributed by atoms with Crippen molar-refractivity contribution in [1.82, 2.24) is 5.32 Å². The average molecular weight is 314 g/mol. The summed E-state index contributed by atoms with van der Waals surface area (Å²) in [4.78, 5) is 26.4. The number of nitrogens with zero attached hydrogens (tertiary/aromatic N) is 1. The van der Waals surface area contributed by atoms with E-state index in [2.05, 4.69) is 5.32 Å². The molecule has 1 atom stereocenters. The lowest BCUT2D eigenvalue weighted by molar-refractivity contribution is -0.132. The smallest absolute Gasteiger partial charge is 0.239 e. The van der Waals surface area contributed by atoms with Gasteiger partial charge in [0, 0.05) is 6.54 Å². The Balaban J connectivity index is 1.67. The number of carbonyl (C=O) groups excluding carboxylic acids is 2. The van der Waals surface area contributed by atoms with Gasteiger partial charge in [0.2, 0.25) is 11.8 Å². The van der Waals surface area contributed by atoms with Gasteiger partial charge in [-0.1, -0.05) is 12.1 Å². The van der Waals surface area contributed by atoms with E-state index in [1.54, 1.807) is 36.5 Å². The highest BCUT2D eigenvalue weighted by molar-refractivity contribution is 6.10. The van der Waals surface area contributed by atoms with Gasteiger partial charge in [-0.2, -0.15) is 0 Å². The minimum atomic E-state index is -0.671. The SMILES string of the molecule is COc1ccccc1N1CCC(C(=O)NCc2ccco2)C1=O. The molecule has 1 unspecified atom stereocenters. The molecule has 1 aromatic carbocycles. The second-order valence-corrected chi connectivity index (χ2v) is 5.30. The normalized spacial score (nSPS) is 17.3. The van der Waals surface area contributed by atoms with Crippen LogP contribution in [0.4, 0.5) is 5.69 Å². The molecule has 0 aliphatic carbocycles. The lowest BCUT2D eigenvalue weighted by Crippen LogP contribution is -2.36. The van der Waals surface area contributed by atoms with Crippen molar-refractivity contribution in [1.29, 1.82) is 0 Å². The van der Waals surface area contributed by atoms with Crippen molar-refractivity contribution in [3.63, 3.8) is 0 Å². The van der Waals surface area contributed by atoms with Crippen molar-refractivity contribution in [3.05, 3.63) is 48.4 Å². The maximum atomic E-state index is 12.6. The van der Waals surface area contributed by atoms with Crippen LogP contribution >= 0.6 is 0 Å². The van der Waals surface area contributed by atoms with Gasteiger partial charge in [-0.05, 0) is 30.7 Å². The molecule has 1 aliphatic rings. The molecule has 23 heavy (non-hydrogen) atoms. The second kappa shape index (κ2) is 6.56. The van der Waals surface area contributed by atoms with E-state index in [4.69, 9.17) is 9.15 Å². The molecule has 1 saturated heterocycles. The van der Waals surface area contributed by atoms with E-state index in [0.717, 1.165) is 0 Å². The van der Waals surface area contributed by atoms with Crippen LogP contribution in [0, 0.1) is 5.92 Å². The van der Waals surface area contributed by atoms with Crippen molar-refractivity contribution in [2.45, 2.75) is 13.0 Å². The van der Waals surface area contributed by atoms with Gasteiger partial charge in [-0.25, -0.2) is 0 Å². The Labute approximate surface area is 134 Å². The largest absolute Gasteiger partial charge is 0.495 e. The summed E-state index contributed by atoms with van der Waals surface area (Å²) in [7, 11) is 1.56. The molecule has 2 amide bonds. The summed E-state index contributed by atoms with van der Waals surface area (Å²) in [5.41, 5.74) is 0.696. The van der Waals surface area contributed by atoms with Crippen LogP contribution in [-0.2, 0) is 16.1 Å². The van der Waals surface area contributed by atoms with E-state index in [0.29, 0.717) is 30.2 Å². The lowest BCUT2D eigenvalue weighted by atomic mass is 10.1. The monoisotopic (exact) mass is 314 g/mol. The fourth-order valence-electron chi connectivity index (χ4n) is 2.73. The standard InChI is InChI=1S/C17H18N2O4/c1-22-15-7-3-2-6-14(15)19-9-8-13(17(19)21)16(20)18-11-12-5-4-10-23-12/h2-7,10,13H,8-9,11H2,1H3,(H,18,20). The van der Waals surface area contributed by atoms with Crippen molar-refractivity contribution in [3.8, 4) is 5.75 Å². The minimum Gasteiger partial charge on any atom is -0.495 e. The van der Waals surface area contributed by atoms with Crippen molar-refractivity contribution < 1.29 is 18.7 Å². The molecular weight excluding hydrogens is 296 g/mol. The topological polar surface area (TPSA) is 71.8 Å². The Bertz CT molecular complexity index is 696. The molecule has 0 bridgehead atoms. The summed E-state index contributed by atoms with van der Waals surface area (Å²) < 4.78 is 10.5. The average Bonchev–Trinajstić information content (AvgIpc) is 3.22. The highest BCUT2D eigenvalue weighted by Crippen LogP contribution is 2.32. The first kappa shape index (κ1) is 15.1. The quantitative estimate of drug-likeness (QED) is 0.856. The summed E-state index contributed by atoms with van der Waals surface area (Å²) in [6, 6.07) is 10.8. The van der Waals surface area contributed by atoms with E-state index in [1.807, 2.05) is 18.2 Å². The summed E-state index contributed by atoms with van der Waals surface area (Å²) in [5.74, 6) is 0.132. The van der Waals surface area contributed by atoms with Gasteiger partial charge in [0.25, 0.3) is 0 Å². The summed E-state index contributed by atoms with van der Waals surface area (Å²) >= 11 is 0. The molecule has 0 spiro atoms. The number of ether oxygens (including phenoxy) is 1. The molecule has 1 fully saturated rings. The molecule has 2 heterocycles. The third-order valence-corrected chi connectivity index (χ3v) is 3.91. The van der Waals surface area contributed by atoms with Crippen LogP contribution in [0.2, 0.25) is 0 Å². The van der Waals surface area contributed by atoms with Gasteiger partial charge in [0.15, 0.2) is 0 Å². The van der Waals surface area contributed by atoms with Crippen LogP contribution < -0.4 is 15.0 Å². The van der Waals surface area contributed by atoms with Crippen LogP contribution in [0.1, 0.15) is 12.2 Å². The molecule has 3 rings (SSSR count). The number of hydrogen-bond donors (Lipinski definition) is 1. The van der Waals surface area contributed by atoms with E-state index in [1.165, 1.54) is 0 Å². The Morgan fingerprint density at radius 3 is 2.91 bits per heavy atom. The van der Waals surface area contributed by atoms with Gasteiger partial charge >= 0.3 is 0 Å². The van der Waals surface area contributed by atoms with Crippen molar-refractivity contribution >= 4 is 17.5 Å². The molecule has 6 nitrogen and oxygen atoms in total. The molecule has 1 N–H and O–H groups in total. The number of nitrogens with one attached hydrogen (secondary N) is 1. The van der Waals surface area contributed by atoms with Gasteiger partial charge < -0.3 is 19.4 Å². The number of anilines is 1. The lowest BCUT2D eigenvalue weighted by Gasteiger charge is -2.19. The van der Waals surface area contributed by atoms with Gasteiger partial charge in [-0.3, -0.25) is 9.59 Å². The van der Waals surface area contributed by atoms with E-state index in [9.17, 15) is 9.59 Å². The number of carbonyl (C=O) groups is 2. The number of benzene rings is 1. The predicted octanol–water partition coefficient (Wildman–Crippen LogP) is 1.96. The number of furan rings is 1. The van der Waals surface area contributed by atoms with E-state index < -0.39 is 5.92 Å². The van der Waals surface area contributed by atoms with E-state index in [-0.39, 0.29) is 18.4 Å². The number of amides is 2. The highest BCUT2D eigenvalue weighted by Gasteiger charge is 2.38. The fraction of sp³-hybridized carbons (Fsp3) is 0.294. The molecular formula is C17H18N2O4. The van der Waals surface area contributed by atoms with Crippen LogP contribution in [0.25, 0.3) is 0 Å². The number of hydrogen-bond acceptors (Lipinski definition) is 4. The molecule has 2 aromatic rings. The van der Waals surface area contributed by atoms with Gasteiger partial charge in [-0.15, -0.1) is 0 Å². The molecule has 120 valence electrons. The highest BCUT2D eigenvalue weighted by atomic mass is 16.5. The Morgan fingerprint density at radius 1 is 1.35 bits per heavy atom. The molecule has 0 saturated carbocycles. The van der Waals surface area contributed by atoms with Crippen LogP contribution in [-0.4, -0.2) is 25.5 Å². The summed E-state index contributed by atoms with van der Waals surface area (Å²) in [5, 5.41) is 2.75. The zero-order valence-electron chi connectivity index (χ0n) is 12.8. The second-order valence-electron chi connectivity index (χ2n) is 5.30. The van der Waals surface area contributed by atoms with Crippen molar-refractivity contribution in [2.24, 2.45) is 5.92 Å². The van der Waals surface area contributed by atoms with Gasteiger partial charge in [0.1, 0.15) is 17.4 Å². The molecule has 0 radical (unpaired) electrons. The Kier molecular flexibility index (Phi) is 4.32. The maximum absolute atomic E-state index is 12.6. The zero-order chi connectivity index (χ0) is 16.2. The Morgan fingerprint density at radius 2 is 2.17 bits per heavy atom. The summed E-state index contributed by atoms with van der Waals surface area (Å²) in [6.07, 6.45) is 2.03. The predicted molar refractivity (Wildman–Crippen MR) is 84.0 cm³/mol.